The normalized spacial score (nSPS) is 25.3. The third-order valence-electron chi connectivity index (χ3n) is 6.16. The highest BCUT2D eigenvalue weighted by molar-refractivity contribution is 6.25. The predicted octanol–water partition coefficient (Wildman–Crippen LogP) is 1.88. The molecular weight excluding hydrogens is 370 g/mol. The molecule has 0 N–H and O–H groups in total. The molecular formula is C21H19N5O3. The molecule has 0 saturated carbocycles. The summed E-state index contributed by atoms with van der Waals surface area (Å²) in [4.78, 5) is 47.9. The first-order valence-corrected chi connectivity index (χ1v) is 9.68. The molecule has 3 atom stereocenters. The first-order chi connectivity index (χ1) is 13.9. The third kappa shape index (κ3) is 2.24. The molecule has 2 aromatic rings. The minimum Gasteiger partial charge on any atom is -0.335 e. The summed E-state index contributed by atoms with van der Waals surface area (Å²) in [7, 11) is 0. The highest BCUT2D eigenvalue weighted by Gasteiger charge is 2.63. The zero-order valence-corrected chi connectivity index (χ0v) is 16.1. The van der Waals surface area contributed by atoms with Crippen molar-refractivity contribution in [3.8, 4) is 6.07 Å². The SMILES string of the molecule is CC(C)C(=O)N1CC2CC1[C@H]1C(=O)N(c3cnc(C#N)c4ccccc34)C(=O)N21. The maximum absolute atomic E-state index is 13.4. The Kier molecular flexibility index (Phi) is 3.65. The van der Waals surface area contributed by atoms with Gasteiger partial charge in [0.15, 0.2) is 0 Å². The van der Waals surface area contributed by atoms with E-state index >= 15 is 0 Å². The van der Waals surface area contributed by atoms with Crippen molar-refractivity contribution in [2.24, 2.45) is 5.92 Å². The van der Waals surface area contributed by atoms with Gasteiger partial charge in [0.05, 0.1) is 24.0 Å². The second-order valence-corrected chi connectivity index (χ2v) is 8.06. The Morgan fingerprint density at radius 1 is 1.24 bits per heavy atom. The summed E-state index contributed by atoms with van der Waals surface area (Å²) >= 11 is 0. The molecule has 8 nitrogen and oxygen atoms in total. The van der Waals surface area contributed by atoms with Crippen LogP contribution in [0.1, 0.15) is 26.0 Å². The zero-order valence-electron chi connectivity index (χ0n) is 16.1. The number of aromatic nitrogens is 1. The first kappa shape index (κ1) is 17.6. The molecule has 2 bridgehead atoms. The van der Waals surface area contributed by atoms with Crippen LogP contribution in [-0.2, 0) is 9.59 Å². The monoisotopic (exact) mass is 389 g/mol. The highest BCUT2D eigenvalue weighted by Crippen LogP contribution is 2.43. The van der Waals surface area contributed by atoms with Crippen LogP contribution in [0.25, 0.3) is 10.8 Å². The molecule has 2 unspecified atom stereocenters. The molecule has 0 radical (unpaired) electrons. The van der Waals surface area contributed by atoms with Crippen LogP contribution in [0.3, 0.4) is 0 Å². The van der Waals surface area contributed by atoms with Gasteiger partial charge in [0.2, 0.25) is 5.91 Å². The van der Waals surface area contributed by atoms with E-state index in [2.05, 4.69) is 4.98 Å². The van der Waals surface area contributed by atoms with Crippen LogP contribution in [0.15, 0.2) is 30.5 Å². The van der Waals surface area contributed by atoms with E-state index in [1.807, 2.05) is 19.9 Å². The lowest BCUT2D eigenvalue weighted by atomic mass is 10.1. The summed E-state index contributed by atoms with van der Waals surface area (Å²) in [5.74, 6) is -0.473. The Morgan fingerprint density at radius 2 is 1.97 bits per heavy atom. The number of nitrogens with zero attached hydrogens (tertiary/aromatic N) is 5. The number of carbonyl (C=O) groups excluding carboxylic acids is 3. The zero-order chi connectivity index (χ0) is 20.4. The molecule has 3 saturated heterocycles. The van der Waals surface area contributed by atoms with Crippen LogP contribution in [0.5, 0.6) is 0 Å². The molecule has 8 heteroatoms. The van der Waals surface area contributed by atoms with E-state index in [1.54, 1.807) is 34.1 Å². The minimum absolute atomic E-state index is 0.0151. The fourth-order valence-electron chi connectivity index (χ4n) is 4.91. The number of piperazine rings is 1. The second kappa shape index (κ2) is 6.01. The molecule has 3 aliphatic heterocycles. The lowest BCUT2D eigenvalue weighted by molar-refractivity contribution is -0.138. The van der Waals surface area contributed by atoms with Crippen molar-refractivity contribution in [1.82, 2.24) is 14.8 Å². The maximum Gasteiger partial charge on any atom is 0.332 e. The van der Waals surface area contributed by atoms with Gasteiger partial charge < -0.3 is 9.80 Å². The quantitative estimate of drug-likeness (QED) is 0.731. The first-order valence-electron chi connectivity index (χ1n) is 9.68. The Labute approximate surface area is 167 Å². The van der Waals surface area contributed by atoms with E-state index < -0.39 is 6.04 Å². The molecule has 0 aliphatic carbocycles. The van der Waals surface area contributed by atoms with Gasteiger partial charge in [0, 0.05) is 23.2 Å². The lowest BCUT2D eigenvalue weighted by Crippen LogP contribution is -2.55. The van der Waals surface area contributed by atoms with E-state index in [0.29, 0.717) is 29.4 Å². The highest BCUT2D eigenvalue weighted by atomic mass is 16.2. The lowest BCUT2D eigenvalue weighted by Gasteiger charge is -2.35. The maximum atomic E-state index is 13.4. The minimum atomic E-state index is -0.654. The largest absolute Gasteiger partial charge is 0.335 e. The van der Waals surface area contributed by atoms with Crippen molar-refractivity contribution in [2.45, 2.75) is 38.4 Å². The molecule has 1 aromatic heterocycles. The molecule has 0 spiro atoms. The van der Waals surface area contributed by atoms with Crippen LogP contribution in [0.2, 0.25) is 0 Å². The molecule has 146 valence electrons. The van der Waals surface area contributed by atoms with Gasteiger partial charge in [0.25, 0.3) is 5.91 Å². The van der Waals surface area contributed by atoms with Gasteiger partial charge in [-0.3, -0.25) is 9.59 Å². The Hall–Kier alpha value is -3.47. The van der Waals surface area contributed by atoms with Crippen LogP contribution in [-0.4, -0.2) is 57.3 Å². The van der Waals surface area contributed by atoms with Crippen molar-refractivity contribution < 1.29 is 14.4 Å². The van der Waals surface area contributed by atoms with E-state index in [9.17, 15) is 19.6 Å². The second-order valence-electron chi connectivity index (χ2n) is 8.06. The summed E-state index contributed by atoms with van der Waals surface area (Å²) < 4.78 is 0. The van der Waals surface area contributed by atoms with Crippen molar-refractivity contribution >= 4 is 34.3 Å². The fraction of sp³-hybridized carbons (Fsp3) is 0.381. The average Bonchev–Trinajstić information content (AvgIpc) is 3.38. The number of likely N-dealkylation sites (tertiary alicyclic amines) is 1. The van der Waals surface area contributed by atoms with E-state index in [0.717, 1.165) is 0 Å². The Balaban J connectivity index is 1.57. The van der Waals surface area contributed by atoms with Gasteiger partial charge >= 0.3 is 6.03 Å². The van der Waals surface area contributed by atoms with Gasteiger partial charge in [-0.2, -0.15) is 5.26 Å². The van der Waals surface area contributed by atoms with Crippen molar-refractivity contribution in [1.29, 1.82) is 5.26 Å². The number of imide groups is 1. The molecule has 3 aliphatic rings. The van der Waals surface area contributed by atoms with Crippen LogP contribution >= 0.6 is 0 Å². The Bertz CT molecular complexity index is 1120. The third-order valence-corrected chi connectivity index (χ3v) is 6.16. The Morgan fingerprint density at radius 3 is 2.66 bits per heavy atom. The number of urea groups is 1. The van der Waals surface area contributed by atoms with Crippen molar-refractivity contribution in [3.63, 3.8) is 0 Å². The smallest absolute Gasteiger partial charge is 0.332 e. The van der Waals surface area contributed by atoms with Crippen molar-refractivity contribution in [2.75, 3.05) is 11.4 Å². The topological polar surface area (TPSA) is 97.6 Å². The summed E-state index contributed by atoms with van der Waals surface area (Å²) in [5.41, 5.74) is 0.628. The number of benzene rings is 1. The molecule has 1 aromatic carbocycles. The number of carbonyl (C=O) groups is 3. The predicted molar refractivity (Wildman–Crippen MR) is 104 cm³/mol. The van der Waals surface area contributed by atoms with E-state index in [-0.39, 0.29) is 41.5 Å². The summed E-state index contributed by atoms with van der Waals surface area (Å²) in [5, 5.41) is 10.6. The van der Waals surface area contributed by atoms with Crippen LogP contribution in [0.4, 0.5) is 10.5 Å². The van der Waals surface area contributed by atoms with Crippen LogP contribution in [0, 0.1) is 17.2 Å². The summed E-state index contributed by atoms with van der Waals surface area (Å²) in [6.45, 7) is 4.15. The fourth-order valence-corrected chi connectivity index (χ4v) is 4.91. The standard InChI is InChI=1S/C21H19N5O3/c1-11(2)19(27)24-10-12-7-16(24)18-20(28)26(21(29)25(12)18)17-9-23-15(8-22)13-5-3-4-6-14(13)17/h3-6,9,11-12,16,18H,7,10H2,1-2H3/t12?,16?,18-/m0/s1. The van der Waals surface area contributed by atoms with Crippen molar-refractivity contribution in [3.05, 3.63) is 36.2 Å². The van der Waals surface area contributed by atoms with Gasteiger partial charge in [-0.05, 0) is 6.42 Å². The number of hydrogen-bond donors (Lipinski definition) is 0. The number of pyridine rings is 1. The van der Waals surface area contributed by atoms with Gasteiger partial charge in [-0.25, -0.2) is 14.7 Å². The average molecular weight is 389 g/mol. The molecule has 29 heavy (non-hydrogen) atoms. The number of hydrogen-bond acceptors (Lipinski definition) is 5. The number of amides is 4. The van der Waals surface area contributed by atoms with Crippen LogP contribution < -0.4 is 4.90 Å². The number of fused-ring (bicyclic) bond motifs is 6. The van der Waals surface area contributed by atoms with E-state index in [4.69, 9.17) is 0 Å². The molecule has 4 amide bonds. The number of anilines is 1. The van der Waals surface area contributed by atoms with E-state index in [1.165, 1.54) is 11.1 Å². The van der Waals surface area contributed by atoms with Gasteiger partial charge in [0.1, 0.15) is 17.8 Å². The summed E-state index contributed by atoms with van der Waals surface area (Å²) in [6, 6.07) is 7.71. The molecule has 3 fully saturated rings. The molecule has 4 heterocycles. The summed E-state index contributed by atoms with van der Waals surface area (Å²) in [6.07, 6.45) is 2.05. The van der Waals surface area contributed by atoms with Gasteiger partial charge in [-0.1, -0.05) is 38.1 Å². The number of nitriles is 1. The van der Waals surface area contributed by atoms with Gasteiger partial charge in [-0.15, -0.1) is 0 Å². The number of rotatable bonds is 2. The molecule has 5 rings (SSSR count).